The lowest BCUT2D eigenvalue weighted by Crippen LogP contribution is -2.40. The van der Waals surface area contributed by atoms with Crippen LogP contribution in [0.4, 0.5) is 5.69 Å². The van der Waals surface area contributed by atoms with Crippen molar-refractivity contribution in [1.82, 2.24) is 14.3 Å². The number of rotatable bonds is 5. The molecule has 7 nitrogen and oxygen atoms in total. The Morgan fingerprint density at radius 1 is 1.09 bits per heavy atom. The highest BCUT2D eigenvalue weighted by Gasteiger charge is 2.32. The van der Waals surface area contributed by atoms with E-state index in [1.165, 1.54) is 11.3 Å². The number of carbonyl (C=O) groups is 1. The number of amides is 1. The summed E-state index contributed by atoms with van der Waals surface area (Å²) < 4.78 is 4.04. The minimum Gasteiger partial charge on any atom is -0.322 e. The molecule has 1 N–H and O–H groups in total. The minimum atomic E-state index is -0.585. The van der Waals surface area contributed by atoms with Gasteiger partial charge in [0.1, 0.15) is 0 Å². The van der Waals surface area contributed by atoms with Gasteiger partial charge in [0.05, 0.1) is 27.5 Å². The van der Waals surface area contributed by atoms with Crippen molar-refractivity contribution in [1.29, 1.82) is 0 Å². The van der Waals surface area contributed by atoms with Gasteiger partial charge in [-0.3, -0.25) is 18.8 Å². The first kappa shape index (κ1) is 22.7. The SMILES string of the molecule is CCn1cc(C=c2sc3n(c2=O)[C@@H](c2ccccc2)C(C(=O)Nc2ccccc2)=C(C)N=3)c(C)n1. The average molecular weight is 484 g/mol. The molecular weight excluding hydrogens is 458 g/mol. The third kappa shape index (κ3) is 4.28. The molecule has 4 aromatic rings. The van der Waals surface area contributed by atoms with E-state index in [0.29, 0.717) is 26.3 Å². The highest BCUT2D eigenvalue weighted by atomic mass is 32.1. The zero-order valence-electron chi connectivity index (χ0n) is 19.7. The molecule has 1 amide bonds. The molecule has 2 aromatic carbocycles. The van der Waals surface area contributed by atoms with E-state index in [1.807, 2.05) is 98.4 Å². The second kappa shape index (κ2) is 9.31. The van der Waals surface area contributed by atoms with Crippen LogP contribution in [0.15, 0.2) is 87.9 Å². The average Bonchev–Trinajstić information content (AvgIpc) is 3.37. The highest BCUT2D eigenvalue weighted by Crippen LogP contribution is 2.30. The molecule has 0 fully saturated rings. The fourth-order valence-corrected chi connectivity index (χ4v) is 5.30. The molecule has 0 aliphatic carbocycles. The van der Waals surface area contributed by atoms with E-state index in [-0.39, 0.29) is 11.5 Å². The van der Waals surface area contributed by atoms with Crippen LogP contribution in [0.3, 0.4) is 0 Å². The Bertz CT molecular complexity index is 1610. The van der Waals surface area contributed by atoms with E-state index in [2.05, 4.69) is 10.4 Å². The molecule has 1 aliphatic rings. The summed E-state index contributed by atoms with van der Waals surface area (Å²) in [6.45, 7) is 6.53. The van der Waals surface area contributed by atoms with Crippen LogP contribution in [0.5, 0.6) is 0 Å². The number of aromatic nitrogens is 3. The molecule has 0 saturated heterocycles. The summed E-state index contributed by atoms with van der Waals surface area (Å²) in [5, 5.41) is 7.45. The van der Waals surface area contributed by atoms with Gasteiger partial charge in [-0.1, -0.05) is 59.9 Å². The van der Waals surface area contributed by atoms with Crippen LogP contribution >= 0.6 is 11.3 Å². The molecule has 1 aliphatic heterocycles. The maximum atomic E-state index is 13.7. The van der Waals surface area contributed by atoms with Crippen molar-refractivity contribution in [2.45, 2.75) is 33.4 Å². The van der Waals surface area contributed by atoms with Crippen LogP contribution in [0.1, 0.15) is 36.7 Å². The van der Waals surface area contributed by atoms with Crippen LogP contribution < -0.4 is 20.2 Å². The number of nitrogens with zero attached hydrogens (tertiary/aromatic N) is 4. The van der Waals surface area contributed by atoms with Crippen LogP contribution in [0.25, 0.3) is 6.08 Å². The van der Waals surface area contributed by atoms with Gasteiger partial charge in [-0.25, -0.2) is 4.99 Å². The van der Waals surface area contributed by atoms with E-state index in [4.69, 9.17) is 4.99 Å². The minimum absolute atomic E-state index is 0.177. The predicted octanol–water partition coefficient (Wildman–Crippen LogP) is 3.40. The topological polar surface area (TPSA) is 81.3 Å². The quantitative estimate of drug-likeness (QED) is 0.472. The molecular formula is C27H25N5O2S. The molecule has 0 radical (unpaired) electrons. The molecule has 0 spiro atoms. The number of fused-ring (bicyclic) bond motifs is 1. The molecule has 35 heavy (non-hydrogen) atoms. The van der Waals surface area contributed by atoms with E-state index in [9.17, 15) is 9.59 Å². The molecule has 5 rings (SSSR count). The van der Waals surface area contributed by atoms with Gasteiger partial charge < -0.3 is 5.32 Å². The smallest absolute Gasteiger partial charge is 0.271 e. The molecule has 0 bridgehead atoms. The van der Waals surface area contributed by atoms with Crippen molar-refractivity contribution in [3.63, 3.8) is 0 Å². The number of nitrogens with one attached hydrogen (secondary N) is 1. The van der Waals surface area contributed by atoms with Gasteiger partial charge in [0, 0.05) is 24.0 Å². The third-order valence-corrected chi connectivity index (χ3v) is 6.99. The standard InChI is InChI=1S/C27H25N5O2S/c1-4-31-16-20(17(2)30-31)15-22-26(34)32-24(19-11-7-5-8-12-19)23(18(3)28-27(32)35-22)25(33)29-21-13-9-6-10-14-21/h5-16,24H,4H2,1-3H3,(H,29,33)/t24-/m0/s1. The van der Waals surface area contributed by atoms with E-state index in [1.54, 1.807) is 4.57 Å². The number of anilines is 1. The molecule has 176 valence electrons. The molecule has 1 atom stereocenters. The summed E-state index contributed by atoms with van der Waals surface area (Å²) in [5.74, 6) is -0.277. The van der Waals surface area contributed by atoms with Crippen LogP contribution in [0.2, 0.25) is 0 Å². The van der Waals surface area contributed by atoms with Gasteiger partial charge in [-0.05, 0) is 44.5 Å². The van der Waals surface area contributed by atoms with E-state index >= 15 is 0 Å². The van der Waals surface area contributed by atoms with Crippen molar-refractivity contribution >= 4 is 29.0 Å². The second-order valence-electron chi connectivity index (χ2n) is 8.34. The summed E-state index contributed by atoms with van der Waals surface area (Å²) in [7, 11) is 0. The van der Waals surface area contributed by atoms with Crippen LogP contribution in [-0.2, 0) is 11.3 Å². The fourth-order valence-electron chi connectivity index (χ4n) is 4.26. The first-order valence-corrected chi connectivity index (χ1v) is 12.3. The number of hydrogen-bond acceptors (Lipinski definition) is 5. The van der Waals surface area contributed by atoms with E-state index in [0.717, 1.165) is 23.4 Å². The lowest BCUT2D eigenvalue weighted by Gasteiger charge is -2.25. The van der Waals surface area contributed by atoms with Crippen molar-refractivity contribution in [2.24, 2.45) is 4.99 Å². The lowest BCUT2D eigenvalue weighted by atomic mass is 9.95. The lowest BCUT2D eigenvalue weighted by molar-refractivity contribution is -0.113. The van der Waals surface area contributed by atoms with Crippen molar-refractivity contribution in [3.8, 4) is 0 Å². The maximum Gasteiger partial charge on any atom is 0.271 e. The van der Waals surface area contributed by atoms with Gasteiger partial charge in [0.15, 0.2) is 4.80 Å². The van der Waals surface area contributed by atoms with E-state index < -0.39 is 6.04 Å². The molecule has 0 unspecified atom stereocenters. The number of carbonyl (C=O) groups excluding carboxylic acids is 1. The summed E-state index contributed by atoms with van der Waals surface area (Å²) >= 11 is 1.33. The predicted molar refractivity (Wildman–Crippen MR) is 138 cm³/mol. The number of aryl methyl sites for hydroxylation is 2. The summed E-state index contributed by atoms with van der Waals surface area (Å²) in [6.07, 6.45) is 3.80. The number of thiazole rings is 1. The monoisotopic (exact) mass is 483 g/mol. The van der Waals surface area contributed by atoms with Gasteiger partial charge in [0.25, 0.3) is 11.5 Å². The first-order chi connectivity index (χ1) is 17.0. The number of hydrogen-bond donors (Lipinski definition) is 1. The number of allylic oxidation sites excluding steroid dienone is 1. The number of para-hydroxylation sites is 1. The maximum absolute atomic E-state index is 13.7. The Morgan fingerprint density at radius 3 is 2.43 bits per heavy atom. The Kier molecular flexibility index (Phi) is 6.05. The summed E-state index contributed by atoms with van der Waals surface area (Å²) in [5.41, 5.74) is 4.16. The van der Waals surface area contributed by atoms with Crippen molar-refractivity contribution in [2.75, 3.05) is 5.32 Å². The largest absolute Gasteiger partial charge is 0.322 e. The number of benzene rings is 2. The molecule has 3 heterocycles. The molecule has 0 saturated carbocycles. The van der Waals surface area contributed by atoms with Crippen molar-refractivity contribution < 1.29 is 4.79 Å². The first-order valence-electron chi connectivity index (χ1n) is 11.4. The summed E-state index contributed by atoms with van der Waals surface area (Å²) in [6, 6.07) is 18.3. The Morgan fingerprint density at radius 2 is 1.77 bits per heavy atom. The zero-order valence-corrected chi connectivity index (χ0v) is 20.5. The normalized spacial score (nSPS) is 15.6. The third-order valence-electron chi connectivity index (χ3n) is 6.01. The molecule has 8 heteroatoms. The Hall–Kier alpha value is -4.04. The van der Waals surface area contributed by atoms with Crippen molar-refractivity contribution in [3.05, 3.63) is 115 Å². The van der Waals surface area contributed by atoms with Crippen LogP contribution in [-0.4, -0.2) is 20.3 Å². The molecule has 2 aromatic heterocycles. The van der Waals surface area contributed by atoms with Gasteiger partial charge in [0.2, 0.25) is 0 Å². The van der Waals surface area contributed by atoms with Gasteiger partial charge in [-0.2, -0.15) is 5.10 Å². The fraction of sp³-hybridized carbons (Fsp3) is 0.185. The van der Waals surface area contributed by atoms with Gasteiger partial charge >= 0.3 is 0 Å². The van der Waals surface area contributed by atoms with Crippen LogP contribution in [0, 0.1) is 6.92 Å². The second-order valence-corrected chi connectivity index (χ2v) is 9.35. The Labute approximate surface area is 206 Å². The Balaban J connectivity index is 1.67. The zero-order chi connectivity index (χ0) is 24.5. The summed E-state index contributed by atoms with van der Waals surface area (Å²) in [4.78, 5) is 32.5. The van der Waals surface area contributed by atoms with Gasteiger partial charge in [-0.15, -0.1) is 0 Å². The highest BCUT2D eigenvalue weighted by molar-refractivity contribution is 7.07.